The Labute approximate surface area is 124 Å². The summed E-state index contributed by atoms with van der Waals surface area (Å²) in [5.74, 6) is -2.42. The van der Waals surface area contributed by atoms with Gasteiger partial charge in [0.05, 0.1) is 5.69 Å². The Kier molecular flexibility index (Phi) is 4.26. The predicted molar refractivity (Wildman–Crippen MR) is 77.6 cm³/mol. The fourth-order valence-corrected chi connectivity index (χ4v) is 3.38. The SMILES string of the molecule is O=C(O)CS(=O)(=O)Nc1nc(-c2ccc(Cl)cc2)cs1. The molecular weight excluding hydrogens is 324 g/mol. The first-order valence-electron chi connectivity index (χ1n) is 5.29. The van der Waals surface area contributed by atoms with Gasteiger partial charge in [-0.25, -0.2) is 13.4 Å². The van der Waals surface area contributed by atoms with E-state index < -0.39 is 21.7 Å². The number of hydrogen-bond acceptors (Lipinski definition) is 5. The molecule has 0 radical (unpaired) electrons. The number of rotatable bonds is 5. The molecule has 0 aliphatic carbocycles. The number of nitrogens with zero attached hydrogens (tertiary/aromatic N) is 1. The number of carboxylic acid groups (broad SMARTS) is 1. The van der Waals surface area contributed by atoms with Crippen LogP contribution in [0.5, 0.6) is 0 Å². The lowest BCUT2D eigenvalue weighted by atomic mass is 10.2. The molecule has 0 fully saturated rings. The number of benzene rings is 1. The lowest BCUT2D eigenvalue weighted by molar-refractivity contribution is -0.134. The van der Waals surface area contributed by atoms with Gasteiger partial charge in [0.1, 0.15) is 0 Å². The van der Waals surface area contributed by atoms with Gasteiger partial charge in [0, 0.05) is 16.0 Å². The number of carboxylic acids is 1. The second kappa shape index (κ2) is 5.78. The van der Waals surface area contributed by atoms with Crippen LogP contribution in [0.25, 0.3) is 11.3 Å². The van der Waals surface area contributed by atoms with Gasteiger partial charge in [0.2, 0.25) is 10.0 Å². The minimum Gasteiger partial charge on any atom is -0.480 e. The maximum Gasteiger partial charge on any atom is 0.320 e. The van der Waals surface area contributed by atoms with E-state index in [2.05, 4.69) is 9.71 Å². The van der Waals surface area contributed by atoms with Crippen molar-refractivity contribution in [2.75, 3.05) is 10.5 Å². The van der Waals surface area contributed by atoms with Gasteiger partial charge in [-0.1, -0.05) is 23.7 Å². The molecule has 1 aromatic carbocycles. The molecule has 2 rings (SSSR count). The summed E-state index contributed by atoms with van der Waals surface area (Å²) in [6.07, 6.45) is 0. The summed E-state index contributed by atoms with van der Waals surface area (Å²) >= 11 is 6.85. The Balaban J connectivity index is 2.17. The van der Waals surface area contributed by atoms with Crippen molar-refractivity contribution in [3.8, 4) is 11.3 Å². The van der Waals surface area contributed by atoms with Crippen LogP contribution in [0.3, 0.4) is 0 Å². The second-order valence-corrected chi connectivity index (χ2v) is 6.82. The van der Waals surface area contributed by atoms with E-state index in [1.165, 1.54) is 0 Å². The van der Waals surface area contributed by atoms with Crippen LogP contribution in [0.4, 0.5) is 5.13 Å². The molecule has 6 nitrogen and oxygen atoms in total. The van der Waals surface area contributed by atoms with Gasteiger partial charge in [-0.15, -0.1) is 11.3 Å². The zero-order chi connectivity index (χ0) is 14.8. The van der Waals surface area contributed by atoms with E-state index in [-0.39, 0.29) is 5.13 Å². The molecule has 0 bridgehead atoms. The highest BCUT2D eigenvalue weighted by atomic mass is 35.5. The van der Waals surface area contributed by atoms with Gasteiger partial charge in [-0.05, 0) is 12.1 Å². The topological polar surface area (TPSA) is 96.4 Å². The summed E-state index contributed by atoms with van der Waals surface area (Å²) in [5, 5.41) is 10.9. The van der Waals surface area contributed by atoms with Crippen LogP contribution < -0.4 is 4.72 Å². The summed E-state index contributed by atoms with van der Waals surface area (Å²) in [6, 6.07) is 6.91. The lowest BCUT2D eigenvalue weighted by Gasteiger charge is -2.01. The molecule has 20 heavy (non-hydrogen) atoms. The van der Waals surface area contributed by atoms with Gasteiger partial charge in [0.25, 0.3) is 0 Å². The van der Waals surface area contributed by atoms with Gasteiger partial charge in [-0.2, -0.15) is 0 Å². The van der Waals surface area contributed by atoms with Crippen molar-refractivity contribution in [3.05, 3.63) is 34.7 Å². The minimum atomic E-state index is -3.93. The first-order chi connectivity index (χ1) is 9.35. The number of sulfonamides is 1. The predicted octanol–water partition coefficient (Wildman–Crippen LogP) is 2.29. The average molecular weight is 333 g/mol. The molecule has 9 heteroatoms. The summed E-state index contributed by atoms with van der Waals surface area (Å²) in [6.45, 7) is 0. The third-order valence-electron chi connectivity index (χ3n) is 2.20. The molecular formula is C11H9ClN2O4S2. The quantitative estimate of drug-likeness (QED) is 0.875. The van der Waals surface area contributed by atoms with E-state index in [0.717, 1.165) is 16.9 Å². The molecule has 1 aromatic heterocycles. The number of carbonyl (C=O) groups is 1. The van der Waals surface area contributed by atoms with Crippen LogP contribution in [0.15, 0.2) is 29.6 Å². The smallest absolute Gasteiger partial charge is 0.320 e. The molecule has 0 spiro atoms. The number of anilines is 1. The third-order valence-corrected chi connectivity index (χ3v) is 4.47. The number of aliphatic carboxylic acids is 1. The molecule has 0 saturated carbocycles. The third kappa shape index (κ3) is 3.92. The summed E-state index contributed by atoms with van der Waals surface area (Å²) < 4.78 is 25.0. The monoisotopic (exact) mass is 332 g/mol. The van der Waals surface area contributed by atoms with Crippen LogP contribution in [0.2, 0.25) is 5.02 Å². The Morgan fingerprint density at radius 1 is 1.35 bits per heavy atom. The fraction of sp³-hybridized carbons (Fsp3) is 0.0909. The molecule has 1 heterocycles. The molecule has 2 N–H and O–H groups in total. The lowest BCUT2D eigenvalue weighted by Crippen LogP contribution is -2.22. The van der Waals surface area contributed by atoms with E-state index in [4.69, 9.17) is 16.7 Å². The van der Waals surface area contributed by atoms with Crippen molar-refractivity contribution in [2.24, 2.45) is 0 Å². The summed E-state index contributed by atoms with van der Waals surface area (Å²) in [7, 11) is -3.93. The normalized spacial score (nSPS) is 11.2. The molecule has 2 aromatic rings. The standard InChI is InChI=1S/C11H9ClN2O4S2/c12-8-3-1-7(2-4-8)9-5-19-11(13-9)14-20(17,18)6-10(15)16/h1-5H,6H2,(H,13,14)(H,15,16). The van der Waals surface area contributed by atoms with Crippen LogP contribution in [0.1, 0.15) is 0 Å². The second-order valence-electron chi connectivity index (χ2n) is 3.80. The van der Waals surface area contributed by atoms with E-state index in [9.17, 15) is 13.2 Å². The zero-order valence-corrected chi connectivity index (χ0v) is 12.3. The maximum atomic E-state index is 11.5. The number of thiazole rings is 1. The van der Waals surface area contributed by atoms with E-state index in [0.29, 0.717) is 10.7 Å². The van der Waals surface area contributed by atoms with Crippen LogP contribution >= 0.6 is 22.9 Å². The van der Waals surface area contributed by atoms with E-state index >= 15 is 0 Å². The molecule has 0 unspecified atom stereocenters. The molecule has 0 aliphatic heterocycles. The summed E-state index contributed by atoms with van der Waals surface area (Å²) in [5.41, 5.74) is 1.37. The molecule has 0 atom stereocenters. The average Bonchev–Trinajstić information content (AvgIpc) is 2.75. The first-order valence-corrected chi connectivity index (χ1v) is 8.20. The minimum absolute atomic E-state index is 0.121. The fourth-order valence-electron chi connectivity index (χ4n) is 1.41. The van der Waals surface area contributed by atoms with Gasteiger partial charge >= 0.3 is 5.97 Å². The molecule has 0 aliphatic rings. The number of hydrogen-bond donors (Lipinski definition) is 2. The Morgan fingerprint density at radius 3 is 2.60 bits per heavy atom. The Morgan fingerprint density at radius 2 is 2.00 bits per heavy atom. The van der Waals surface area contributed by atoms with Crippen molar-refractivity contribution in [2.45, 2.75) is 0 Å². The number of nitrogens with one attached hydrogen (secondary N) is 1. The van der Waals surface area contributed by atoms with Gasteiger partial charge in [0.15, 0.2) is 10.9 Å². The van der Waals surface area contributed by atoms with Gasteiger partial charge in [-0.3, -0.25) is 9.52 Å². The van der Waals surface area contributed by atoms with Crippen molar-refractivity contribution in [3.63, 3.8) is 0 Å². The number of halogens is 1. The van der Waals surface area contributed by atoms with Crippen LogP contribution in [-0.4, -0.2) is 30.2 Å². The van der Waals surface area contributed by atoms with Crippen molar-refractivity contribution in [1.82, 2.24) is 4.98 Å². The highest BCUT2D eigenvalue weighted by Crippen LogP contribution is 2.26. The van der Waals surface area contributed by atoms with E-state index in [1.54, 1.807) is 29.6 Å². The van der Waals surface area contributed by atoms with Crippen LogP contribution in [0, 0.1) is 0 Å². The van der Waals surface area contributed by atoms with Gasteiger partial charge < -0.3 is 5.11 Å². The van der Waals surface area contributed by atoms with Crippen molar-refractivity contribution < 1.29 is 18.3 Å². The largest absolute Gasteiger partial charge is 0.480 e. The van der Waals surface area contributed by atoms with E-state index in [1.807, 2.05) is 0 Å². The number of aromatic nitrogens is 1. The van der Waals surface area contributed by atoms with Crippen molar-refractivity contribution >= 4 is 44.1 Å². The van der Waals surface area contributed by atoms with Crippen LogP contribution in [-0.2, 0) is 14.8 Å². The first kappa shape index (κ1) is 14.8. The molecule has 0 saturated heterocycles. The van der Waals surface area contributed by atoms with Crippen molar-refractivity contribution in [1.29, 1.82) is 0 Å². The Bertz CT molecular complexity index is 725. The molecule has 106 valence electrons. The highest BCUT2D eigenvalue weighted by molar-refractivity contribution is 7.93. The molecule has 0 amide bonds. The summed E-state index contributed by atoms with van der Waals surface area (Å²) in [4.78, 5) is 14.5. The zero-order valence-electron chi connectivity index (χ0n) is 9.91. The highest BCUT2D eigenvalue weighted by Gasteiger charge is 2.17. The maximum absolute atomic E-state index is 11.5. The Hall–Kier alpha value is -1.64.